The fraction of sp³-hybridized carbons (Fsp3) is 0.421. The molecule has 8 nitrogen and oxygen atoms in total. The molecule has 0 bridgehead atoms. The van der Waals surface area contributed by atoms with Crippen molar-refractivity contribution in [3.63, 3.8) is 0 Å². The van der Waals surface area contributed by atoms with Gasteiger partial charge in [0.05, 0.1) is 29.0 Å². The van der Waals surface area contributed by atoms with Gasteiger partial charge in [-0.15, -0.1) is 0 Å². The summed E-state index contributed by atoms with van der Waals surface area (Å²) in [7, 11) is 1.70. The lowest BCUT2D eigenvalue weighted by molar-refractivity contribution is 0.219. The maximum Gasteiger partial charge on any atom is 0.321 e. The van der Waals surface area contributed by atoms with Crippen LogP contribution in [0.3, 0.4) is 0 Å². The van der Waals surface area contributed by atoms with Crippen molar-refractivity contribution in [1.29, 1.82) is 0 Å². The molecule has 0 aliphatic heterocycles. The summed E-state index contributed by atoms with van der Waals surface area (Å²) in [6.07, 6.45) is 3.41. The molecule has 0 atom stereocenters. The number of nitrogens with zero attached hydrogens (tertiary/aromatic N) is 5. The predicted octanol–water partition coefficient (Wildman–Crippen LogP) is 3.56. The molecule has 2 aromatic heterocycles. The Labute approximate surface area is 157 Å². The van der Waals surface area contributed by atoms with Crippen molar-refractivity contribution in [3.8, 4) is 0 Å². The van der Waals surface area contributed by atoms with Crippen LogP contribution in [0.15, 0.2) is 22.7 Å². The lowest BCUT2D eigenvalue weighted by atomic mass is 9.85. The molecule has 0 unspecified atom stereocenters. The Kier molecular flexibility index (Phi) is 4.47. The molecule has 27 heavy (non-hydrogen) atoms. The SMILES string of the molecule is Cc1nc2ccc(NC(=O)N(C)Cc3noc(C4CCC4)n3)cc2nc1C. The first kappa shape index (κ1) is 17.4. The third-order valence-corrected chi connectivity index (χ3v) is 4.99. The second-order valence-corrected chi connectivity index (χ2v) is 7.06. The fourth-order valence-electron chi connectivity index (χ4n) is 2.96. The predicted molar refractivity (Wildman–Crippen MR) is 100 cm³/mol. The third kappa shape index (κ3) is 3.60. The minimum atomic E-state index is -0.249. The van der Waals surface area contributed by atoms with E-state index in [1.807, 2.05) is 32.0 Å². The average molecular weight is 366 g/mol. The number of amides is 2. The highest BCUT2D eigenvalue weighted by Crippen LogP contribution is 2.35. The molecule has 1 aliphatic rings. The summed E-state index contributed by atoms with van der Waals surface area (Å²) in [5, 5.41) is 6.85. The van der Waals surface area contributed by atoms with Crippen LogP contribution in [0.2, 0.25) is 0 Å². The zero-order chi connectivity index (χ0) is 19.0. The molecule has 2 amide bonds. The minimum Gasteiger partial charge on any atom is -0.339 e. The van der Waals surface area contributed by atoms with Crippen molar-refractivity contribution in [2.75, 3.05) is 12.4 Å². The molecule has 8 heteroatoms. The summed E-state index contributed by atoms with van der Waals surface area (Å²) in [6, 6.07) is 5.25. The van der Waals surface area contributed by atoms with Gasteiger partial charge < -0.3 is 14.7 Å². The Hall–Kier alpha value is -3.03. The first-order chi connectivity index (χ1) is 13.0. The fourth-order valence-corrected chi connectivity index (χ4v) is 2.96. The van der Waals surface area contributed by atoms with Crippen molar-refractivity contribution >= 4 is 22.8 Å². The minimum absolute atomic E-state index is 0.249. The normalized spacial score (nSPS) is 14.2. The van der Waals surface area contributed by atoms with E-state index in [9.17, 15) is 4.79 Å². The number of rotatable bonds is 4. The summed E-state index contributed by atoms with van der Waals surface area (Å²) >= 11 is 0. The van der Waals surface area contributed by atoms with Crippen LogP contribution in [0.25, 0.3) is 11.0 Å². The standard InChI is InChI=1S/C19H22N6O2/c1-11-12(2)21-16-9-14(7-8-15(16)20-11)22-19(26)25(3)10-17-23-18(27-24-17)13-5-4-6-13/h7-9,13H,4-6,10H2,1-3H3,(H,22,26). The van der Waals surface area contributed by atoms with Gasteiger partial charge >= 0.3 is 6.03 Å². The van der Waals surface area contributed by atoms with Gasteiger partial charge in [-0.05, 0) is 44.9 Å². The molecule has 140 valence electrons. The number of urea groups is 1. The van der Waals surface area contributed by atoms with Gasteiger partial charge in [-0.1, -0.05) is 11.6 Å². The van der Waals surface area contributed by atoms with Crippen LogP contribution in [0.1, 0.15) is 48.3 Å². The second-order valence-electron chi connectivity index (χ2n) is 7.06. The van der Waals surface area contributed by atoms with Gasteiger partial charge in [0.15, 0.2) is 5.82 Å². The first-order valence-corrected chi connectivity index (χ1v) is 9.09. The highest BCUT2D eigenvalue weighted by Gasteiger charge is 2.25. The Morgan fingerprint density at radius 3 is 2.63 bits per heavy atom. The number of carbonyl (C=O) groups is 1. The first-order valence-electron chi connectivity index (χ1n) is 9.09. The molecule has 1 aromatic carbocycles. The number of anilines is 1. The molecule has 0 saturated heterocycles. The molecular weight excluding hydrogens is 344 g/mol. The van der Waals surface area contributed by atoms with E-state index in [2.05, 4.69) is 25.4 Å². The Morgan fingerprint density at radius 2 is 1.93 bits per heavy atom. The number of fused-ring (bicyclic) bond motifs is 1. The summed E-state index contributed by atoms with van der Waals surface area (Å²) in [5.41, 5.74) is 4.00. The van der Waals surface area contributed by atoms with E-state index >= 15 is 0 Å². The van der Waals surface area contributed by atoms with Crippen LogP contribution in [0.5, 0.6) is 0 Å². The van der Waals surface area contributed by atoms with Crippen LogP contribution >= 0.6 is 0 Å². The number of carbonyl (C=O) groups excluding carboxylic acids is 1. The van der Waals surface area contributed by atoms with Gasteiger partial charge in [-0.3, -0.25) is 0 Å². The molecule has 0 spiro atoms. The number of hydrogen-bond donors (Lipinski definition) is 1. The Morgan fingerprint density at radius 1 is 1.19 bits per heavy atom. The van der Waals surface area contributed by atoms with Crippen molar-refractivity contribution in [3.05, 3.63) is 41.3 Å². The summed E-state index contributed by atoms with van der Waals surface area (Å²) in [5.74, 6) is 1.59. The van der Waals surface area contributed by atoms with E-state index in [1.165, 1.54) is 11.3 Å². The zero-order valence-corrected chi connectivity index (χ0v) is 15.7. The maximum atomic E-state index is 12.5. The lowest BCUT2D eigenvalue weighted by Gasteiger charge is -2.20. The summed E-state index contributed by atoms with van der Waals surface area (Å²) < 4.78 is 5.30. The third-order valence-electron chi connectivity index (χ3n) is 4.99. The van der Waals surface area contributed by atoms with Gasteiger partial charge in [0, 0.05) is 18.7 Å². The molecular formula is C19H22N6O2. The monoisotopic (exact) mass is 366 g/mol. The van der Waals surface area contributed by atoms with E-state index in [4.69, 9.17) is 4.52 Å². The van der Waals surface area contributed by atoms with E-state index in [0.717, 1.165) is 35.3 Å². The van der Waals surface area contributed by atoms with Gasteiger partial charge in [0.1, 0.15) is 0 Å². The Bertz CT molecular complexity index is 995. The Balaban J connectivity index is 1.42. The van der Waals surface area contributed by atoms with Crippen LogP contribution in [-0.4, -0.2) is 38.1 Å². The highest BCUT2D eigenvalue weighted by molar-refractivity contribution is 5.91. The van der Waals surface area contributed by atoms with Crippen LogP contribution in [0, 0.1) is 13.8 Å². The molecule has 1 fully saturated rings. The topological polar surface area (TPSA) is 97.0 Å². The smallest absolute Gasteiger partial charge is 0.321 e. The number of aromatic nitrogens is 4. The molecule has 2 heterocycles. The van der Waals surface area contributed by atoms with Gasteiger partial charge in [-0.25, -0.2) is 14.8 Å². The number of aryl methyl sites for hydroxylation is 2. The largest absolute Gasteiger partial charge is 0.339 e. The van der Waals surface area contributed by atoms with E-state index < -0.39 is 0 Å². The maximum absolute atomic E-state index is 12.5. The molecule has 0 radical (unpaired) electrons. The van der Waals surface area contributed by atoms with Gasteiger partial charge in [0.25, 0.3) is 0 Å². The van der Waals surface area contributed by atoms with Crippen molar-refractivity contribution < 1.29 is 9.32 Å². The van der Waals surface area contributed by atoms with Crippen LogP contribution in [-0.2, 0) is 6.54 Å². The molecule has 1 saturated carbocycles. The highest BCUT2D eigenvalue weighted by atomic mass is 16.5. The molecule has 3 aromatic rings. The van der Waals surface area contributed by atoms with E-state index in [0.29, 0.717) is 23.3 Å². The van der Waals surface area contributed by atoms with E-state index in [-0.39, 0.29) is 12.6 Å². The van der Waals surface area contributed by atoms with Crippen molar-refractivity contribution in [1.82, 2.24) is 25.0 Å². The van der Waals surface area contributed by atoms with Crippen molar-refractivity contribution in [2.24, 2.45) is 0 Å². The van der Waals surface area contributed by atoms with Gasteiger partial charge in [0.2, 0.25) is 5.89 Å². The summed E-state index contributed by atoms with van der Waals surface area (Å²) in [6.45, 7) is 4.14. The number of nitrogens with one attached hydrogen (secondary N) is 1. The lowest BCUT2D eigenvalue weighted by Crippen LogP contribution is -2.31. The van der Waals surface area contributed by atoms with Gasteiger partial charge in [-0.2, -0.15) is 4.98 Å². The van der Waals surface area contributed by atoms with Crippen molar-refractivity contribution in [2.45, 2.75) is 45.6 Å². The van der Waals surface area contributed by atoms with Crippen LogP contribution < -0.4 is 5.32 Å². The number of hydrogen-bond acceptors (Lipinski definition) is 6. The number of benzene rings is 1. The molecule has 4 rings (SSSR count). The zero-order valence-electron chi connectivity index (χ0n) is 15.7. The average Bonchev–Trinajstić information content (AvgIpc) is 3.02. The quantitative estimate of drug-likeness (QED) is 0.758. The second kappa shape index (κ2) is 6.94. The summed E-state index contributed by atoms with van der Waals surface area (Å²) in [4.78, 5) is 27.4. The van der Waals surface area contributed by atoms with Crippen LogP contribution in [0.4, 0.5) is 10.5 Å². The molecule has 1 N–H and O–H groups in total. The molecule has 1 aliphatic carbocycles. The van der Waals surface area contributed by atoms with E-state index in [1.54, 1.807) is 7.05 Å².